The number of nitrogens with zero attached hydrogens (tertiary/aromatic N) is 2. The number of rotatable bonds is 1. The summed E-state index contributed by atoms with van der Waals surface area (Å²) in [7, 11) is 0. The Kier molecular flexibility index (Phi) is 2.97. The fourth-order valence-corrected chi connectivity index (χ4v) is 2.99. The number of fused-ring (bicyclic) bond motifs is 1. The van der Waals surface area contributed by atoms with E-state index >= 15 is 0 Å². The Labute approximate surface area is 101 Å². The molecule has 0 bridgehead atoms. The molecule has 0 spiro atoms. The highest BCUT2D eigenvalue weighted by molar-refractivity contribution is 5.47. The van der Waals surface area contributed by atoms with Crippen LogP contribution in [0, 0.1) is 5.95 Å². The summed E-state index contributed by atoms with van der Waals surface area (Å²) in [6.07, 6.45) is 6.64. The lowest BCUT2D eigenvalue weighted by Gasteiger charge is -2.45. The van der Waals surface area contributed by atoms with Crippen molar-refractivity contribution >= 4 is 5.69 Å². The average molecular weight is 236 g/mol. The molecule has 0 aromatic carbocycles. The smallest absolute Gasteiger partial charge is 0.214 e. The van der Waals surface area contributed by atoms with Crippen LogP contribution in [0.25, 0.3) is 0 Å². The first-order valence-electron chi connectivity index (χ1n) is 6.34. The number of hydrogen-bond acceptors (Lipinski definition) is 3. The van der Waals surface area contributed by atoms with E-state index in [0.29, 0.717) is 12.1 Å². The zero-order valence-corrected chi connectivity index (χ0v) is 9.81. The van der Waals surface area contributed by atoms with Crippen molar-refractivity contribution < 1.29 is 9.13 Å². The number of hydrogen-bond donors (Lipinski definition) is 0. The van der Waals surface area contributed by atoms with Crippen LogP contribution >= 0.6 is 0 Å². The van der Waals surface area contributed by atoms with Gasteiger partial charge in [-0.15, -0.1) is 0 Å². The van der Waals surface area contributed by atoms with Crippen molar-refractivity contribution in [2.75, 3.05) is 18.1 Å². The summed E-state index contributed by atoms with van der Waals surface area (Å²) >= 11 is 0. The third-order valence-electron chi connectivity index (χ3n) is 3.77. The molecular formula is C13H17FN2O. The van der Waals surface area contributed by atoms with E-state index in [1.807, 2.05) is 6.07 Å². The van der Waals surface area contributed by atoms with Gasteiger partial charge in [0.15, 0.2) is 0 Å². The van der Waals surface area contributed by atoms with Crippen molar-refractivity contribution in [1.82, 2.24) is 4.98 Å². The molecule has 2 fully saturated rings. The minimum atomic E-state index is -0.402. The highest BCUT2D eigenvalue weighted by Crippen LogP contribution is 2.31. The van der Waals surface area contributed by atoms with Crippen LogP contribution in [0.2, 0.25) is 0 Å². The first kappa shape index (κ1) is 11.0. The SMILES string of the molecule is Fc1cc(N2CCOC3CCCCC32)ccn1. The second kappa shape index (κ2) is 4.61. The van der Waals surface area contributed by atoms with Crippen LogP contribution < -0.4 is 4.90 Å². The minimum absolute atomic E-state index is 0.328. The van der Waals surface area contributed by atoms with Crippen molar-refractivity contribution in [3.8, 4) is 0 Å². The van der Waals surface area contributed by atoms with Gasteiger partial charge in [-0.2, -0.15) is 4.39 Å². The number of morpholine rings is 1. The quantitative estimate of drug-likeness (QED) is 0.700. The van der Waals surface area contributed by atoms with E-state index in [0.717, 1.165) is 31.7 Å². The topological polar surface area (TPSA) is 25.4 Å². The van der Waals surface area contributed by atoms with Gasteiger partial charge in [0.1, 0.15) is 0 Å². The molecule has 3 nitrogen and oxygen atoms in total. The first-order valence-corrected chi connectivity index (χ1v) is 6.34. The van der Waals surface area contributed by atoms with Crippen LogP contribution in [0.15, 0.2) is 18.3 Å². The summed E-state index contributed by atoms with van der Waals surface area (Å²) < 4.78 is 19.0. The lowest BCUT2D eigenvalue weighted by molar-refractivity contribution is -0.00870. The molecule has 2 unspecified atom stereocenters. The van der Waals surface area contributed by atoms with Gasteiger partial charge in [0.25, 0.3) is 0 Å². The van der Waals surface area contributed by atoms with E-state index in [1.165, 1.54) is 25.1 Å². The van der Waals surface area contributed by atoms with E-state index in [-0.39, 0.29) is 0 Å². The molecule has 1 aromatic rings. The standard InChI is InChI=1S/C13H17FN2O/c14-13-9-10(5-6-15-13)16-7-8-17-12-4-2-1-3-11(12)16/h5-6,9,11-12H,1-4,7-8H2. The van der Waals surface area contributed by atoms with Crippen LogP contribution in [-0.4, -0.2) is 30.3 Å². The maximum atomic E-state index is 13.2. The molecule has 1 saturated heterocycles. The van der Waals surface area contributed by atoms with Gasteiger partial charge in [0.05, 0.1) is 18.8 Å². The number of pyridine rings is 1. The Bertz CT molecular complexity index is 397. The summed E-state index contributed by atoms with van der Waals surface area (Å²) in [5.74, 6) is -0.402. The average Bonchev–Trinajstić information content (AvgIpc) is 2.38. The number of aromatic nitrogens is 1. The number of anilines is 1. The molecule has 1 aromatic heterocycles. The largest absolute Gasteiger partial charge is 0.374 e. The van der Waals surface area contributed by atoms with Gasteiger partial charge in [-0.25, -0.2) is 4.98 Å². The van der Waals surface area contributed by atoms with E-state index in [1.54, 1.807) is 0 Å². The number of halogens is 1. The van der Waals surface area contributed by atoms with E-state index < -0.39 is 5.95 Å². The minimum Gasteiger partial charge on any atom is -0.374 e. The summed E-state index contributed by atoms with van der Waals surface area (Å²) in [4.78, 5) is 5.90. The van der Waals surface area contributed by atoms with Gasteiger partial charge in [-0.1, -0.05) is 12.8 Å². The Hall–Kier alpha value is -1.16. The van der Waals surface area contributed by atoms with Crippen molar-refractivity contribution in [2.45, 2.75) is 37.8 Å². The molecule has 1 aliphatic heterocycles. The molecule has 0 N–H and O–H groups in total. The summed E-state index contributed by atoms with van der Waals surface area (Å²) in [5.41, 5.74) is 0.942. The molecule has 4 heteroatoms. The highest BCUT2D eigenvalue weighted by Gasteiger charge is 2.34. The monoisotopic (exact) mass is 236 g/mol. The highest BCUT2D eigenvalue weighted by atomic mass is 19.1. The van der Waals surface area contributed by atoms with Crippen molar-refractivity contribution in [3.05, 3.63) is 24.3 Å². The van der Waals surface area contributed by atoms with Crippen molar-refractivity contribution in [2.24, 2.45) is 0 Å². The van der Waals surface area contributed by atoms with Crippen LogP contribution in [-0.2, 0) is 4.74 Å². The lowest BCUT2D eigenvalue weighted by Crippen LogP contribution is -2.52. The molecular weight excluding hydrogens is 219 g/mol. The zero-order valence-electron chi connectivity index (χ0n) is 9.81. The predicted molar refractivity (Wildman–Crippen MR) is 63.5 cm³/mol. The Morgan fingerprint density at radius 2 is 2.24 bits per heavy atom. The molecule has 1 aliphatic carbocycles. The second-order valence-electron chi connectivity index (χ2n) is 4.79. The fraction of sp³-hybridized carbons (Fsp3) is 0.615. The third kappa shape index (κ3) is 2.14. The van der Waals surface area contributed by atoms with Crippen LogP contribution in [0.4, 0.5) is 10.1 Å². The maximum absolute atomic E-state index is 13.2. The van der Waals surface area contributed by atoms with Gasteiger partial charge >= 0.3 is 0 Å². The van der Waals surface area contributed by atoms with E-state index in [2.05, 4.69) is 9.88 Å². The zero-order chi connectivity index (χ0) is 11.7. The van der Waals surface area contributed by atoms with Crippen molar-refractivity contribution in [3.63, 3.8) is 0 Å². The molecule has 17 heavy (non-hydrogen) atoms. The molecule has 2 aliphatic rings. The van der Waals surface area contributed by atoms with E-state index in [9.17, 15) is 4.39 Å². The molecule has 1 saturated carbocycles. The Morgan fingerprint density at radius 3 is 3.12 bits per heavy atom. The number of ether oxygens (including phenoxy) is 1. The van der Waals surface area contributed by atoms with Gasteiger partial charge < -0.3 is 9.64 Å². The molecule has 2 heterocycles. The van der Waals surface area contributed by atoms with Gasteiger partial charge in [0.2, 0.25) is 5.95 Å². The molecule has 2 atom stereocenters. The summed E-state index contributed by atoms with van der Waals surface area (Å²) in [6.45, 7) is 1.59. The van der Waals surface area contributed by atoms with Crippen LogP contribution in [0.5, 0.6) is 0 Å². The molecule has 0 radical (unpaired) electrons. The van der Waals surface area contributed by atoms with Crippen molar-refractivity contribution in [1.29, 1.82) is 0 Å². The third-order valence-corrected chi connectivity index (χ3v) is 3.77. The van der Waals surface area contributed by atoms with Gasteiger partial charge in [0, 0.05) is 24.5 Å². The second-order valence-corrected chi connectivity index (χ2v) is 4.79. The molecule has 0 amide bonds. The summed E-state index contributed by atoms with van der Waals surface area (Å²) in [5, 5.41) is 0. The van der Waals surface area contributed by atoms with Gasteiger partial charge in [-0.3, -0.25) is 0 Å². The normalized spacial score (nSPS) is 28.9. The fourth-order valence-electron chi connectivity index (χ4n) is 2.99. The molecule has 3 rings (SSSR count). The first-order chi connectivity index (χ1) is 8.34. The van der Waals surface area contributed by atoms with Gasteiger partial charge in [-0.05, 0) is 18.9 Å². The van der Waals surface area contributed by atoms with Crippen LogP contribution in [0.3, 0.4) is 0 Å². The predicted octanol–water partition coefficient (Wildman–Crippen LogP) is 2.37. The summed E-state index contributed by atoms with van der Waals surface area (Å²) in [6, 6.07) is 3.83. The Balaban J connectivity index is 1.85. The maximum Gasteiger partial charge on any atom is 0.214 e. The van der Waals surface area contributed by atoms with Crippen LogP contribution in [0.1, 0.15) is 25.7 Å². The lowest BCUT2D eigenvalue weighted by atomic mass is 9.90. The van der Waals surface area contributed by atoms with E-state index in [4.69, 9.17) is 4.74 Å². The molecule has 92 valence electrons. The Morgan fingerprint density at radius 1 is 1.35 bits per heavy atom.